The Hall–Kier alpha value is -2.81. The molecule has 7 nitrogen and oxygen atoms in total. The third-order valence-electron chi connectivity index (χ3n) is 4.23. The molecule has 150 valence electrons. The van der Waals surface area contributed by atoms with Gasteiger partial charge in [0.25, 0.3) is 0 Å². The summed E-state index contributed by atoms with van der Waals surface area (Å²) in [6.45, 7) is 2.25. The lowest BCUT2D eigenvalue weighted by molar-refractivity contribution is -0.120. The molecule has 0 radical (unpaired) electrons. The molecule has 1 heterocycles. The fraction of sp³-hybridized carbons (Fsp3) is 0.316. The van der Waals surface area contributed by atoms with Crippen LogP contribution in [0.5, 0.6) is 11.5 Å². The number of ether oxygens (including phenoxy) is 2. The number of hydrogen-bond donors (Lipinski definition) is 1. The number of sulfonamides is 1. The molecule has 0 aliphatic carbocycles. The number of nitrogens with zero attached hydrogens (tertiary/aromatic N) is 1. The van der Waals surface area contributed by atoms with Gasteiger partial charge in [0.05, 0.1) is 18.0 Å². The van der Waals surface area contributed by atoms with Crippen LogP contribution in [0.15, 0.2) is 42.5 Å². The van der Waals surface area contributed by atoms with Gasteiger partial charge in [-0.3, -0.25) is 9.10 Å². The Kier molecular flexibility index (Phi) is 5.73. The van der Waals surface area contributed by atoms with E-state index in [1.54, 1.807) is 25.1 Å². The first kappa shape index (κ1) is 19.9. The Morgan fingerprint density at radius 1 is 1.18 bits per heavy atom. The van der Waals surface area contributed by atoms with Crippen LogP contribution < -0.4 is 19.1 Å². The summed E-state index contributed by atoms with van der Waals surface area (Å²) in [7, 11) is -3.77. The number of halogens is 1. The number of hydrogen-bond acceptors (Lipinski definition) is 5. The van der Waals surface area contributed by atoms with Crippen LogP contribution in [0.4, 0.5) is 10.1 Å². The molecule has 1 atom stereocenters. The summed E-state index contributed by atoms with van der Waals surface area (Å²) < 4.78 is 49.5. The van der Waals surface area contributed by atoms with Gasteiger partial charge in [-0.05, 0) is 42.8 Å². The maximum atomic E-state index is 13.5. The van der Waals surface area contributed by atoms with Crippen molar-refractivity contribution < 1.29 is 27.1 Å². The Balaban J connectivity index is 1.72. The minimum absolute atomic E-state index is 0.0876. The summed E-state index contributed by atoms with van der Waals surface area (Å²) in [5, 5.41) is 2.75. The van der Waals surface area contributed by atoms with Crippen molar-refractivity contribution in [2.24, 2.45) is 0 Å². The molecular formula is C19H21FN2O5S. The molecule has 0 fully saturated rings. The average Bonchev–Trinajstić information content (AvgIpc) is 2.64. The summed E-state index contributed by atoms with van der Waals surface area (Å²) in [6, 6.07) is 10.0. The average molecular weight is 408 g/mol. The summed E-state index contributed by atoms with van der Waals surface area (Å²) in [5.74, 6) is 0.138. The molecule has 0 aromatic heterocycles. The van der Waals surface area contributed by atoms with E-state index in [1.807, 2.05) is 0 Å². The highest BCUT2D eigenvalue weighted by Crippen LogP contribution is 2.32. The first-order valence-corrected chi connectivity index (χ1v) is 10.5. The second kappa shape index (κ2) is 8.05. The van der Waals surface area contributed by atoms with Gasteiger partial charge < -0.3 is 14.8 Å². The molecule has 3 rings (SSSR count). The maximum Gasteiger partial charge on any atom is 0.241 e. The zero-order chi connectivity index (χ0) is 20.3. The van der Waals surface area contributed by atoms with Crippen LogP contribution in [0.25, 0.3) is 0 Å². The molecule has 1 aliphatic heterocycles. The number of amides is 1. The zero-order valence-electron chi connectivity index (χ0n) is 15.5. The minimum Gasteiger partial charge on any atom is -0.486 e. The summed E-state index contributed by atoms with van der Waals surface area (Å²) in [4.78, 5) is 12.5. The van der Waals surface area contributed by atoms with Crippen molar-refractivity contribution in [3.05, 3.63) is 53.8 Å². The largest absolute Gasteiger partial charge is 0.486 e. The summed E-state index contributed by atoms with van der Waals surface area (Å²) in [6.07, 6.45) is 0.968. The van der Waals surface area contributed by atoms with E-state index in [1.165, 1.54) is 18.2 Å². The van der Waals surface area contributed by atoms with E-state index in [4.69, 9.17) is 9.47 Å². The first-order valence-electron chi connectivity index (χ1n) is 8.66. The van der Waals surface area contributed by atoms with Gasteiger partial charge in [-0.2, -0.15) is 0 Å². The predicted molar refractivity (Wildman–Crippen MR) is 103 cm³/mol. The molecule has 2 aromatic rings. The van der Waals surface area contributed by atoms with E-state index >= 15 is 0 Å². The number of carbonyl (C=O) groups excluding carboxylic acids is 1. The van der Waals surface area contributed by atoms with Crippen molar-refractivity contribution in [2.45, 2.75) is 13.0 Å². The number of carbonyl (C=O) groups is 1. The lowest BCUT2D eigenvalue weighted by atomic mass is 10.1. The number of nitrogens with one attached hydrogen (secondary N) is 1. The molecule has 0 spiro atoms. The van der Waals surface area contributed by atoms with Crippen LogP contribution >= 0.6 is 0 Å². The van der Waals surface area contributed by atoms with Crippen LogP contribution in [-0.2, 0) is 14.8 Å². The van der Waals surface area contributed by atoms with E-state index in [0.717, 1.165) is 22.2 Å². The number of anilines is 1. The normalized spacial score (nSPS) is 14.2. The maximum absolute atomic E-state index is 13.5. The van der Waals surface area contributed by atoms with Crippen molar-refractivity contribution in [3.63, 3.8) is 0 Å². The van der Waals surface area contributed by atoms with Crippen LogP contribution in [-0.4, -0.2) is 40.3 Å². The van der Waals surface area contributed by atoms with Crippen LogP contribution in [0.3, 0.4) is 0 Å². The quantitative estimate of drug-likeness (QED) is 0.793. The second-order valence-electron chi connectivity index (χ2n) is 6.44. The second-order valence-corrected chi connectivity index (χ2v) is 8.35. The van der Waals surface area contributed by atoms with Gasteiger partial charge in [0, 0.05) is 0 Å². The lowest BCUT2D eigenvalue weighted by Gasteiger charge is -2.24. The molecule has 0 unspecified atom stereocenters. The topological polar surface area (TPSA) is 84.9 Å². The highest BCUT2D eigenvalue weighted by atomic mass is 32.2. The van der Waals surface area contributed by atoms with Crippen LogP contribution in [0.2, 0.25) is 0 Å². The van der Waals surface area contributed by atoms with Crippen molar-refractivity contribution in [3.8, 4) is 11.5 Å². The molecule has 0 saturated heterocycles. The number of fused-ring (bicyclic) bond motifs is 1. The van der Waals surface area contributed by atoms with Gasteiger partial charge in [0.2, 0.25) is 15.9 Å². The van der Waals surface area contributed by atoms with Crippen molar-refractivity contribution in [1.29, 1.82) is 0 Å². The van der Waals surface area contributed by atoms with Gasteiger partial charge in [-0.15, -0.1) is 0 Å². The molecule has 1 N–H and O–H groups in total. The van der Waals surface area contributed by atoms with Crippen molar-refractivity contribution in [1.82, 2.24) is 5.32 Å². The van der Waals surface area contributed by atoms with E-state index in [0.29, 0.717) is 24.7 Å². The minimum atomic E-state index is -3.77. The molecule has 0 saturated carbocycles. The third-order valence-corrected chi connectivity index (χ3v) is 5.37. The lowest BCUT2D eigenvalue weighted by Crippen LogP contribution is -2.41. The van der Waals surface area contributed by atoms with Crippen LogP contribution in [0.1, 0.15) is 18.5 Å². The third kappa shape index (κ3) is 4.72. The first-order chi connectivity index (χ1) is 13.2. The Morgan fingerprint density at radius 2 is 1.89 bits per heavy atom. The van der Waals surface area contributed by atoms with Crippen LogP contribution in [0, 0.1) is 5.82 Å². The Morgan fingerprint density at radius 3 is 2.57 bits per heavy atom. The molecule has 2 aromatic carbocycles. The van der Waals surface area contributed by atoms with E-state index in [2.05, 4.69) is 5.32 Å². The summed E-state index contributed by atoms with van der Waals surface area (Å²) in [5.41, 5.74) is 0.874. The highest BCUT2D eigenvalue weighted by molar-refractivity contribution is 7.92. The Labute approximate surface area is 163 Å². The number of benzene rings is 2. The Bertz CT molecular complexity index is 980. The van der Waals surface area contributed by atoms with Crippen molar-refractivity contribution >= 4 is 21.6 Å². The fourth-order valence-electron chi connectivity index (χ4n) is 2.86. The number of rotatable bonds is 6. The molecule has 9 heteroatoms. The van der Waals surface area contributed by atoms with Gasteiger partial charge in [0.1, 0.15) is 25.6 Å². The predicted octanol–water partition coefficient (Wildman–Crippen LogP) is 2.24. The fourth-order valence-corrected chi connectivity index (χ4v) is 3.71. The van der Waals surface area contributed by atoms with Gasteiger partial charge in [-0.1, -0.05) is 12.1 Å². The highest BCUT2D eigenvalue weighted by Gasteiger charge is 2.23. The van der Waals surface area contributed by atoms with E-state index in [9.17, 15) is 17.6 Å². The van der Waals surface area contributed by atoms with Gasteiger partial charge >= 0.3 is 0 Å². The van der Waals surface area contributed by atoms with Crippen molar-refractivity contribution in [2.75, 3.05) is 30.3 Å². The standard InChI is InChI=1S/C19H21FN2O5S/c1-13(14-6-7-17-18(10-14)27-9-8-26-17)21-19(23)12-22(28(2,24)25)16-5-3-4-15(20)11-16/h3-7,10-11,13H,8-9,12H2,1-2H3,(H,21,23)/t13-/m1/s1. The monoisotopic (exact) mass is 408 g/mol. The molecule has 1 amide bonds. The molecule has 28 heavy (non-hydrogen) atoms. The van der Waals surface area contributed by atoms with Gasteiger partial charge in [0.15, 0.2) is 11.5 Å². The smallest absolute Gasteiger partial charge is 0.241 e. The molecular weight excluding hydrogens is 387 g/mol. The van der Waals surface area contributed by atoms with Gasteiger partial charge in [-0.25, -0.2) is 12.8 Å². The van der Waals surface area contributed by atoms with E-state index < -0.39 is 34.3 Å². The summed E-state index contributed by atoms with van der Waals surface area (Å²) >= 11 is 0. The molecule has 1 aliphatic rings. The van der Waals surface area contributed by atoms with E-state index in [-0.39, 0.29) is 5.69 Å². The SMILES string of the molecule is C[C@@H](NC(=O)CN(c1cccc(F)c1)S(C)(=O)=O)c1ccc2c(c1)OCCO2. The molecule has 0 bridgehead atoms. The zero-order valence-corrected chi connectivity index (χ0v) is 16.3.